The first-order valence-electron chi connectivity index (χ1n) is 12.6. The molecule has 1 unspecified atom stereocenters. The van der Waals surface area contributed by atoms with Gasteiger partial charge in [-0.3, -0.25) is 0 Å². The first kappa shape index (κ1) is 24.9. The van der Waals surface area contributed by atoms with Crippen molar-refractivity contribution in [2.75, 3.05) is 13.2 Å². The van der Waals surface area contributed by atoms with Crippen molar-refractivity contribution in [2.24, 2.45) is 23.7 Å². The molecule has 1 heterocycles. The molecule has 5 heteroatoms. The van der Waals surface area contributed by atoms with Gasteiger partial charge in [0.1, 0.15) is 5.60 Å². The van der Waals surface area contributed by atoms with Gasteiger partial charge in [0.15, 0.2) is 14.1 Å². The smallest absolute Gasteiger partial charge is 0.194 e. The molecule has 2 aliphatic carbocycles. The molecule has 1 spiro atoms. The van der Waals surface area contributed by atoms with E-state index in [1.54, 1.807) is 0 Å². The molecule has 1 aliphatic heterocycles. The third-order valence-electron chi connectivity index (χ3n) is 8.71. The summed E-state index contributed by atoms with van der Waals surface area (Å²) in [4.78, 5) is 0. The van der Waals surface area contributed by atoms with E-state index in [0.29, 0.717) is 25.0 Å². The maximum Gasteiger partial charge on any atom is 0.194 e. The Morgan fingerprint density at radius 2 is 1.73 bits per heavy atom. The molecule has 0 aromatic heterocycles. The molecule has 0 radical (unpaired) electrons. The number of aliphatic hydroxyl groups excluding tert-OH is 1. The van der Waals surface area contributed by atoms with E-state index in [1.165, 1.54) is 5.56 Å². The van der Waals surface area contributed by atoms with Gasteiger partial charge in [0.25, 0.3) is 0 Å². The molecule has 3 aliphatic rings. The van der Waals surface area contributed by atoms with E-state index in [2.05, 4.69) is 83.8 Å². The number of aliphatic hydroxyl groups is 1. The van der Waals surface area contributed by atoms with Crippen LogP contribution in [0.5, 0.6) is 0 Å². The molecule has 4 rings (SSSR count). The molecule has 0 amide bonds. The second-order valence-corrected chi connectivity index (χ2v) is 16.8. The molecule has 1 aromatic carbocycles. The van der Waals surface area contributed by atoms with Gasteiger partial charge in [-0.15, -0.1) is 0 Å². The summed E-state index contributed by atoms with van der Waals surface area (Å²) in [5, 5.41) is 11.1. The monoisotopic (exact) mass is 470 g/mol. The van der Waals surface area contributed by atoms with Crippen LogP contribution in [0.1, 0.15) is 53.0 Å². The highest BCUT2D eigenvalue weighted by atomic mass is 28.4. The fraction of sp³-hybridized carbons (Fsp3) is 0.714. The van der Waals surface area contributed by atoms with Gasteiger partial charge >= 0.3 is 0 Å². The highest BCUT2D eigenvalue weighted by Gasteiger charge is 2.67. The molecule has 3 fully saturated rings. The van der Waals surface area contributed by atoms with Crippen LogP contribution in [-0.2, 0) is 20.3 Å². The minimum atomic E-state index is -2.06. The Balaban J connectivity index is 1.63. The lowest BCUT2D eigenvalue weighted by Gasteiger charge is -2.61. The summed E-state index contributed by atoms with van der Waals surface area (Å²) in [5.74, 6) is 7.47. The predicted octanol–water partition coefficient (Wildman–Crippen LogP) is 5.41. The third-order valence-corrected chi connectivity index (χ3v) is 13.3. The minimum Gasteiger partial charge on any atom is -0.401 e. The van der Waals surface area contributed by atoms with E-state index in [1.807, 2.05) is 6.07 Å². The van der Waals surface area contributed by atoms with Gasteiger partial charge in [-0.1, -0.05) is 69.9 Å². The van der Waals surface area contributed by atoms with Gasteiger partial charge in [-0.2, -0.15) is 0 Å². The summed E-state index contributed by atoms with van der Waals surface area (Å²) in [6.45, 7) is 17.0. The Morgan fingerprint density at radius 3 is 2.33 bits per heavy atom. The maximum absolute atomic E-state index is 11.0. The molecule has 2 saturated carbocycles. The van der Waals surface area contributed by atoms with Crippen LogP contribution < -0.4 is 0 Å². The van der Waals surface area contributed by atoms with Crippen molar-refractivity contribution >= 4 is 8.32 Å². The maximum atomic E-state index is 11.0. The van der Waals surface area contributed by atoms with Crippen molar-refractivity contribution in [3.05, 3.63) is 35.9 Å². The molecule has 4 nitrogen and oxygen atoms in total. The Kier molecular flexibility index (Phi) is 6.66. The lowest BCUT2D eigenvalue weighted by Crippen LogP contribution is -2.67. The number of hydrogen-bond donors (Lipinski definition) is 1. The van der Waals surface area contributed by atoms with E-state index in [4.69, 9.17) is 13.9 Å². The van der Waals surface area contributed by atoms with Gasteiger partial charge in [0, 0.05) is 18.3 Å². The van der Waals surface area contributed by atoms with Crippen molar-refractivity contribution in [3.63, 3.8) is 0 Å². The molecular weight excluding hydrogens is 428 g/mol. The average Bonchev–Trinajstić information content (AvgIpc) is 3.24. The van der Waals surface area contributed by atoms with Crippen LogP contribution >= 0.6 is 0 Å². The number of rotatable bonds is 4. The van der Waals surface area contributed by atoms with Crippen LogP contribution in [0.4, 0.5) is 0 Å². The van der Waals surface area contributed by atoms with E-state index in [9.17, 15) is 5.11 Å². The predicted molar refractivity (Wildman–Crippen MR) is 134 cm³/mol. The minimum absolute atomic E-state index is 0.0738. The van der Waals surface area contributed by atoms with Crippen molar-refractivity contribution in [2.45, 2.75) is 89.5 Å². The second-order valence-electron chi connectivity index (χ2n) is 12.1. The van der Waals surface area contributed by atoms with E-state index < -0.39 is 25.8 Å². The van der Waals surface area contributed by atoms with Crippen molar-refractivity contribution in [1.29, 1.82) is 0 Å². The summed E-state index contributed by atoms with van der Waals surface area (Å²) in [6, 6.07) is 10.5. The molecule has 0 bridgehead atoms. The van der Waals surface area contributed by atoms with Crippen LogP contribution in [0.25, 0.3) is 0 Å². The Bertz CT molecular complexity index is 890. The topological polar surface area (TPSA) is 47.9 Å². The van der Waals surface area contributed by atoms with Crippen molar-refractivity contribution < 1.29 is 19.0 Å². The molecule has 1 saturated heterocycles. The second kappa shape index (κ2) is 8.81. The van der Waals surface area contributed by atoms with Gasteiger partial charge in [0.2, 0.25) is 0 Å². The zero-order valence-corrected chi connectivity index (χ0v) is 22.5. The van der Waals surface area contributed by atoms with E-state index >= 15 is 0 Å². The number of ether oxygens (including phenoxy) is 2. The van der Waals surface area contributed by atoms with Crippen LogP contribution in [0.15, 0.2) is 30.3 Å². The molecule has 1 N–H and O–H groups in total. The normalized spacial score (nSPS) is 32.9. The van der Waals surface area contributed by atoms with Gasteiger partial charge in [-0.05, 0) is 49.4 Å². The van der Waals surface area contributed by atoms with Crippen LogP contribution in [0.3, 0.4) is 0 Å². The van der Waals surface area contributed by atoms with Crippen LogP contribution in [0.2, 0.25) is 18.1 Å². The van der Waals surface area contributed by atoms with Crippen molar-refractivity contribution in [3.8, 4) is 11.8 Å². The van der Waals surface area contributed by atoms with Gasteiger partial charge < -0.3 is 19.0 Å². The standard InChI is InChI=1S/C28H42O4Si/c1-20-25-22(24(29)14-13-23(25)28(20)30-17-18-31-28)15-16-27(5,19-21-11-9-8-10-12-21)32-33(6,7)26(2,3)4/h8-12,20,22-25,29H,13-14,17-19H2,1-7H3/t20?,22-,23-,24+,25+,27+/m0/s1. The zero-order chi connectivity index (χ0) is 24.1. The fourth-order valence-electron chi connectivity index (χ4n) is 6.00. The first-order valence-corrected chi connectivity index (χ1v) is 15.5. The fourth-order valence-corrected chi connectivity index (χ4v) is 7.56. The summed E-state index contributed by atoms with van der Waals surface area (Å²) < 4.78 is 19.2. The van der Waals surface area contributed by atoms with Gasteiger partial charge in [-0.25, -0.2) is 0 Å². The summed E-state index contributed by atoms with van der Waals surface area (Å²) in [5.41, 5.74) is 0.612. The Labute approximate surface area is 201 Å². The lowest BCUT2D eigenvalue weighted by atomic mass is 9.50. The Morgan fingerprint density at radius 1 is 1.09 bits per heavy atom. The van der Waals surface area contributed by atoms with E-state index in [0.717, 1.165) is 19.3 Å². The van der Waals surface area contributed by atoms with Crippen molar-refractivity contribution in [1.82, 2.24) is 0 Å². The first-order chi connectivity index (χ1) is 15.4. The molecule has 6 atom stereocenters. The summed E-state index contributed by atoms with van der Waals surface area (Å²) >= 11 is 0. The Hall–Kier alpha value is -1.16. The molecule has 1 aromatic rings. The largest absolute Gasteiger partial charge is 0.401 e. The highest BCUT2D eigenvalue weighted by molar-refractivity contribution is 6.74. The number of hydrogen-bond acceptors (Lipinski definition) is 4. The zero-order valence-electron chi connectivity index (χ0n) is 21.5. The average molecular weight is 471 g/mol. The quantitative estimate of drug-likeness (QED) is 0.472. The van der Waals surface area contributed by atoms with E-state index in [-0.39, 0.29) is 16.9 Å². The lowest BCUT2D eigenvalue weighted by molar-refractivity contribution is -0.334. The van der Waals surface area contributed by atoms with Gasteiger partial charge in [0.05, 0.1) is 25.2 Å². The summed E-state index contributed by atoms with van der Waals surface area (Å²) in [7, 11) is -2.06. The SMILES string of the molecule is CC1[C@@H]2[C@@H](C#C[C@](C)(Cc3ccccc3)O[Si](C)(C)C(C)(C)C)[C@H](O)CC[C@@H]2C12OCCO2. The highest BCUT2D eigenvalue weighted by Crippen LogP contribution is 2.61. The van der Waals surface area contributed by atoms with Crippen LogP contribution in [0, 0.1) is 35.5 Å². The number of fused-ring (bicyclic) bond motifs is 2. The molecular formula is C28H42O4Si. The number of benzene rings is 1. The summed E-state index contributed by atoms with van der Waals surface area (Å²) in [6.07, 6.45) is 2.01. The third kappa shape index (κ3) is 4.58. The molecule has 182 valence electrons. The van der Waals surface area contributed by atoms with Crippen LogP contribution in [-0.4, -0.2) is 44.1 Å². The molecule has 33 heavy (non-hydrogen) atoms.